The molecule has 1 unspecified atom stereocenters. The molecule has 90 valence electrons. The Kier molecular flexibility index (Phi) is 3.82. The highest BCUT2D eigenvalue weighted by Crippen LogP contribution is 2.28. The number of nitrogens with zero attached hydrogens (tertiary/aromatic N) is 1. The number of rotatable bonds is 4. The number of para-hydroxylation sites is 1. The number of hydrogen-bond acceptors (Lipinski definition) is 3. The molecule has 2 nitrogen and oxygen atoms in total. The van der Waals surface area contributed by atoms with E-state index < -0.39 is 0 Å². The first-order chi connectivity index (χ1) is 8.24. The third-order valence-electron chi connectivity index (χ3n) is 3.11. The van der Waals surface area contributed by atoms with E-state index in [2.05, 4.69) is 60.0 Å². The SMILES string of the molecule is Cc1ccccc1N(C)C(CN)c1ccsc1. The molecule has 0 aliphatic carbocycles. The van der Waals surface area contributed by atoms with Gasteiger partial charge >= 0.3 is 0 Å². The van der Waals surface area contributed by atoms with Gasteiger partial charge in [0.1, 0.15) is 0 Å². The summed E-state index contributed by atoms with van der Waals surface area (Å²) in [6.45, 7) is 2.76. The van der Waals surface area contributed by atoms with Crippen LogP contribution < -0.4 is 10.6 Å². The van der Waals surface area contributed by atoms with Crippen LogP contribution in [0.5, 0.6) is 0 Å². The fourth-order valence-corrected chi connectivity index (χ4v) is 2.82. The van der Waals surface area contributed by atoms with Crippen molar-refractivity contribution in [1.29, 1.82) is 0 Å². The van der Waals surface area contributed by atoms with E-state index in [1.54, 1.807) is 11.3 Å². The predicted octanol–water partition coefficient (Wildman–Crippen LogP) is 3.19. The number of anilines is 1. The van der Waals surface area contributed by atoms with Crippen LogP contribution in [0.15, 0.2) is 41.1 Å². The van der Waals surface area contributed by atoms with E-state index in [0.29, 0.717) is 6.54 Å². The molecule has 2 aromatic rings. The Morgan fingerprint density at radius 1 is 1.29 bits per heavy atom. The maximum Gasteiger partial charge on any atom is 0.0669 e. The van der Waals surface area contributed by atoms with Gasteiger partial charge in [0.25, 0.3) is 0 Å². The molecule has 3 heteroatoms. The molecule has 17 heavy (non-hydrogen) atoms. The fraction of sp³-hybridized carbons (Fsp3) is 0.286. The molecule has 1 atom stereocenters. The number of thiophene rings is 1. The highest BCUT2D eigenvalue weighted by molar-refractivity contribution is 7.08. The van der Waals surface area contributed by atoms with Gasteiger partial charge in [-0.15, -0.1) is 0 Å². The molecular formula is C14H18N2S. The molecule has 1 heterocycles. The topological polar surface area (TPSA) is 29.3 Å². The van der Waals surface area contributed by atoms with Crippen LogP contribution in [-0.2, 0) is 0 Å². The van der Waals surface area contributed by atoms with Gasteiger partial charge in [0.15, 0.2) is 0 Å². The monoisotopic (exact) mass is 246 g/mol. The zero-order valence-corrected chi connectivity index (χ0v) is 11.1. The van der Waals surface area contributed by atoms with E-state index in [-0.39, 0.29) is 6.04 Å². The van der Waals surface area contributed by atoms with E-state index in [1.807, 2.05) is 0 Å². The Morgan fingerprint density at radius 2 is 2.06 bits per heavy atom. The highest BCUT2D eigenvalue weighted by Gasteiger charge is 2.17. The van der Waals surface area contributed by atoms with Crippen LogP contribution in [0.2, 0.25) is 0 Å². The van der Waals surface area contributed by atoms with Crippen LogP contribution in [0, 0.1) is 6.92 Å². The first-order valence-electron chi connectivity index (χ1n) is 5.74. The van der Waals surface area contributed by atoms with Crippen molar-refractivity contribution >= 4 is 17.0 Å². The Bertz CT molecular complexity index is 465. The molecule has 1 aromatic carbocycles. The van der Waals surface area contributed by atoms with Crippen molar-refractivity contribution in [2.24, 2.45) is 5.73 Å². The first kappa shape index (κ1) is 12.1. The van der Waals surface area contributed by atoms with Crippen molar-refractivity contribution in [2.45, 2.75) is 13.0 Å². The van der Waals surface area contributed by atoms with Crippen molar-refractivity contribution in [1.82, 2.24) is 0 Å². The lowest BCUT2D eigenvalue weighted by Crippen LogP contribution is -2.30. The third-order valence-corrected chi connectivity index (χ3v) is 3.82. The van der Waals surface area contributed by atoms with Gasteiger partial charge in [-0.05, 0) is 40.9 Å². The minimum atomic E-state index is 0.252. The van der Waals surface area contributed by atoms with E-state index in [1.165, 1.54) is 16.8 Å². The molecule has 0 amide bonds. The fourth-order valence-electron chi connectivity index (χ4n) is 2.11. The van der Waals surface area contributed by atoms with Crippen LogP contribution in [-0.4, -0.2) is 13.6 Å². The standard InChI is InChI=1S/C14H18N2S/c1-11-5-3-4-6-13(11)16(2)14(9-15)12-7-8-17-10-12/h3-8,10,14H,9,15H2,1-2H3. The average Bonchev–Trinajstić information content (AvgIpc) is 2.84. The Hall–Kier alpha value is -1.32. The number of aryl methyl sites for hydroxylation is 1. The molecule has 1 aromatic heterocycles. The molecule has 0 saturated carbocycles. The highest BCUT2D eigenvalue weighted by atomic mass is 32.1. The van der Waals surface area contributed by atoms with Gasteiger partial charge in [-0.3, -0.25) is 0 Å². The second-order valence-electron chi connectivity index (χ2n) is 4.21. The van der Waals surface area contributed by atoms with Crippen molar-refractivity contribution in [2.75, 3.05) is 18.5 Å². The van der Waals surface area contributed by atoms with Gasteiger partial charge in [0.05, 0.1) is 6.04 Å². The Labute approximate surface area is 107 Å². The average molecular weight is 246 g/mol. The van der Waals surface area contributed by atoms with Crippen LogP contribution in [0.1, 0.15) is 17.2 Å². The molecule has 0 aliphatic heterocycles. The van der Waals surface area contributed by atoms with Crippen molar-refractivity contribution in [3.8, 4) is 0 Å². The van der Waals surface area contributed by atoms with Crippen LogP contribution in [0.3, 0.4) is 0 Å². The second kappa shape index (κ2) is 5.34. The van der Waals surface area contributed by atoms with Gasteiger partial charge in [0, 0.05) is 19.3 Å². The van der Waals surface area contributed by atoms with Crippen molar-refractivity contribution < 1.29 is 0 Å². The lowest BCUT2D eigenvalue weighted by Gasteiger charge is -2.30. The molecule has 0 saturated heterocycles. The number of likely N-dealkylation sites (N-methyl/N-ethyl adjacent to an activating group) is 1. The van der Waals surface area contributed by atoms with Gasteiger partial charge in [-0.1, -0.05) is 18.2 Å². The first-order valence-corrected chi connectivity index (χ1v) is 6.69. The summed E-state index contributed by atoms with van der Waals surface area (Å²) in [5, 5.41) is 4.27. The van der Waals surface area contributed by atoms with E-state index in [0.717, 1.165) is 0 Å². The summed E-state index contributed by atoms with van der Waals surface area (Å²) in [4.78, 5) is 2.26. The Balaban J connectivity index is 2.30. The second-order valence-corrected chi connectivity index (χ2v) is 4.99. The van der Waals surface area contributed by atoms with Gasteiger partial charge in [0.2, 0.25) is 0 Å². The van der Waals surface area contributed by atoms with Gasteiger partial charge < -0.3 is 10.6 Å². The molecular weight excluding hydrogens is 228 g/mol. The normalized spacial score (nSPS) is 12.4. The minimum Gasteiger partial charge on any atom is -0.366 e. The lowest BCUT2D eigenvalue weighted by molar-refractivity contribution is 0.681. The van der Waals surface area contributed by atoms with Gasteiger partial charge in [-0.25, -0.2) is 0 Å². The largest absolute Gasteiger partial charge is 0.366 e. The number of benzene rings is 1. The van der Waals surface area contributed by atoms with Crippen LogP contribution in [0.25, 0.3) is 0 Å². The van der Waals surface area contributed by atoms with Crippen molar-refractivity contribution in [3.63, 3.8) is 0 Å². The molecule has 0 spiro atoms. The molecule has 0 radical (unpaired) electrons. The molecule has 0 aliphatic rings. The molecule has 2 rings (SSSR count). The minimum absolute atomic E-state index is 0.252. The third kappa shape index (κ3) is 2.51. The quantitative estimate of drug-likeness (QED) is 0.897. The molecule has 0 bridgehead atoms. The summed E-state index contributed by atoms with van der Waals surface area (Å²) in [6.07, 6.45) is 0. The van der Waals surface area contributed by atoms with E-state index >= 15 is 0 Å². The zero-order valence-electron chi connectivity index (χ0n) is 10.3. The Morgan fingerprint density at radius 3 is 2.65 bits per heavy atom. The van der Waals surface area contributed by atoms with Crippen LogP contribution >= 0.6 is 11.3 Å². The predicted molar refractivity (Wildman–Crippen MR) is 75.7 cm³/mol. The summed E-state index contributed by atoms with van der Waals surface area (Å²) < 4.78 is 0. The molecule has 2 N–H and O–H groups in total. The maximum absolute atomic E-state index is 5.92. The summed E-state index contributed by atoms with van der Waals surface area (Å²) in [7, 11) is 2.11. The zero-order chi connectivity index (χ0) is 12.3. The summed E-state index contributed by atoms with van der Waals surface area (Å²) in [5.41, 5.74) is 9.74. The summed E-state index contributed by atoms with van der Waals surface area (Å²) in [5.74, 6) is 0. The smallest absolute Gasteiger partial charge is 0.0669 e. The van der Waals surface area contributed by atoms with Crippen molar-refractivity contribution in [3.05, 3.63) is 52.2 Å². The van der Waals surface area contributed by atoms with Crippen LogP contribution in [0.4, 0.5) is 5.69 Å². The maximum atomic E-state index is 5.92. The summed E-state index contributed by atoms with van der Waals surface area (Å²) in [6, 6.07) is 10.8. The van der Waals surface area contributed by atoms with E-state index in [9.17, 15) is 0 Å². The number of hydrogen-bond donors (Lipinski definition) is 1. The lowest BCUT2D eigenvalue weighted by atomic mass is 10.1. The summed E-state index contributed by atoms with van der Waals surface area (Å²) >= 11 is 1.72. The van der Waals surface area contributed by atoms with Gasteiger partial charge in [-0.2, -0.15) is 11.3 Å². The molecule has 0 fully saturated rings. The number of nitrogens with two attached hydrogens (primary N) is 1. The van der Waals surface area contributed by atoms with E-state index in [4.69, 9.17) is 5.73 Å².